The fraction of sp³-hybridized carbons (Fsp3) is 0.250. The van der Waals surface area contributed by atoms with Crippen molar-refractivity contribution < 1.29 is 28.7 Å². The molecular formula is C40H39N7O7. The topological polar surface area (TPSA) is 168 Å². The summed E-state index contributed by atoms with van der Waals surface area (Å²) in [7, 11) is 0. The van der Waals surface area contributed by atoms with E-state index >= 15 is 0 Å². The van der Waals surface area contributed by atoms with Crippen LogP contribution in [0.5, 0.6) is 0 Å². The first kappa shape index (κ1) is 35.7. The third-order valence-corrected chi connectivity index (χ3v) is 9.47. The van der Waals surface area contributed by atoms with Crippen LogP contribution in [0.2, 0.25) is 0 Å². The van der Waals surface area contributed by atoms with Crippen LogP contribution in [0.1, 0.15) is 36.8 Å². The maximum Gasteiger partial charge on any atom is 0.410 e. The molecule has 7 rings (SSSR count). The first-order valence-corrected chi connectivity index (χ1v) is 17.8. The van der Waals surface area contributed by atoms with Gasteiger partial charge in [0.1, 0.15) is 25.3 Å². The van der Waals surface area contributed by atoms with Crippen LogP contribution < -0.4 is 16.3 Å². The molecule has 0 aliphatic carbocycles. The maximum atomic E-state index is 13.2. The molecule has 0 bridgehead atoms. The number of anilines is 2. The molecule has 14 nitrogen and oxygen atoms in total. The third-order valence-electron chi connectivity index (χ3n) is 9.47. The number of likely N-dealkylation sites (tertiary alicyclic amines) is 2. The summed E-state index contributed by atoms with van der Waals surface area (Å²) in [6.45, 7) is 1.10. The lowest BCUT2D eigenvalue weighted by Gasteiger charge is -2.23. The third kappa shape index (κ3) is 8.17. The van der Waals surface area contributed by atoms with Crippen LogP contribution >= 0.6 is 0 Å². The van der Waals surface area contributed by atoms with E-state index in [2.05, 4.69) is 20.8 Å². The van der Waals surface area contributed by atoms with E-state index in [-0.39, 0.29) is 25.0 Å². The number of benzene rings is 4. The molecule has 2 fully saturated rings. The summed E-state index contributed by atoms with van der Waals surface area (Å²) in [5.74, 6) is -0.299. The molecular weight excluding hydrogens is 690 g/mol. The van der Waals surface area contributed by atoms with E-state index in [0.29, 0.717) is 67.2 Å². The lowest BCUT2D eigenvalue weighted by Crippen LogP contribution is -2.43. The Balaban J connectivity index is 0.954. The van der Waals surface area contributed by atoms with Crippen molar-refractivity contribution in [1.82, 2.24) is 24.6 Å². The quantitative estimate of drug-likeness (QED) is 0.164. The Hall–Kier alpha value is -6.70. The fourth-order valence-corrected chi connectivity index (χ4v) is 6.70. The second-order valence-corrected chi connectivity index (χ2v) is 13.1. The second-order valence-electron chi connectivity index (χ2n) is 13.1. The number of nitrogens with one attached hydrogen (secondary N) is 3. The molecule has 276 valence electrons. The van der Waals surface area contributed by atoms with Crippen molar-refractivity contribution in [3.63, 3.8) is 0 Å². The Morgan fingerprint density at radius 3 is 1.59 bits per heavy atom. The van der Waals surface area contributed by atoms with Gasteiger partial charge in [-0.25, -0.2) is 24.0 Å². The Labute approximate surface area is 310 Å². The second kappa shape index (κ2) is 16.3. The Bertz CT molecular complexity index is 2150. The zero-order chi connectivity index (χ0) is 37.4. The van der Waals surface area contributed by atoms with E-state index < -0.39 is 30.0 Å². The highest BCUT2D eigenvalue weighted by Gasteiger charge is 2.36. The van der Waals surface area contributed by atoms with Crippen molar-refractivity contribution in [2.45, 2.75) is 51.0 Å². The van der Waals surface area contributed by atoms with Gasteiger partial charge >= 0.3 is 17.9 Å². The van der Waals surface area contributed by atoms with Gasteiger partial charge < -0.3 is 20.1 Å². The summed E-state index contributed by atoms with van der Waals surface area (Å²) < 4.78 is 12.3. The smallest absolute Gasteiger partial charge is 0.410 e. The molecule has 1 aromatic heterocycles. The number of carbonyl (C=O) groups excluding carboxylic acids is 4. The minimum absolute atomic E-state index is 0.122. The van der Waals surface area contributed by atoms with Gasteiger partial charge in [-0.3, -0.25) is 19.4 Å². The molecule has 0 radical (unpaired) electrons. The average molecular weight is 730 g/mol. The number of ether oxygens (including phenoxy) is 2. The molecule has 2 atom stereocenters. The zero-order valence-electron chi connectivity index (χ0n) is 29.4. The van der Waals surface area contributed by atoms with E-state index in [1.807, 2.05) is 60.7 Å². The number of aromatic amines is 1. The first-order valence-electron chi connectivity index (χ1n) is 17.8. The van der Waals surface area contributed by atoms with Crippen molar-refractivity contribution in [3.8, 4) is 17.1 Å². The number of rotatable bonds is 10. The highest BCUT2D eigenvalue weighted by molar-refractivity contribution is 5.97. The lowest BCUT2D eigenvalue weighted by molar-refractivity contribution is -0.120. The molecule has 54 heavy (non-hydrogen) atoms. The van der Waals surface area contributed by atoms with Gasteiger partial charge in [0, 0.05) is 30.0 Å². The van der Waals surface area contributed by atoms with Gasteiger partial charge in [-0.05, 0) is 85.3 Å². The van der Waals surface area contributed by atoms with Crippen molar-refractivity contribution in [2.75, 3.05) is 23.7 Å². The van der Waals surface area contributed by atoms with Gasteiger partial charge in [0.25, 0.3) is 0 Å². The van der Waals surface area contributed by atoms with Gasteiger partial charge in [-0.2, -0.15) is 5.10 Å². The number of H-pyrrole nitrogens is 1. The number of hydrogen-bond donors (Lipinski definition) is 3. The van der Waals surface area contributed by atoms with E-state index in [4.69, 9.17) is 9.47 Å². The monoisotopic (exact) mass is 729 g/mol. The Morgan fingerprint density at radius 1 is 0.648 bits per heavy atom. The molecule has 4 aromatic carbocycles. The highest BCUT2D eigenvalue weighted by Crippen LogP contribution is 2.25. The molecule has 2 aliphatic rings. The van der Waals surface area contributed by atoms with Crippen molar-refractivity contribution in [1.29, 1.82) is 0 Å². The van der Waals surface area contributed by atoms with E-state index in [9.17, 15) is 24.0 Å². The molecule has 2 unspecified atom stereocenters. The van der Waals surface area contributed by atoms with Crippen LogP contribution in [-0.4, -0.2) is 73.7 Å². The minimum Gasteiger partial charge on any atom is -0.445 e. The summed E-state index contributed by atoms with van der Waals surface area (Å²) in [4.78, 5) is 67.8. The number of carbonyl (C=O) groups is 4. The standard InChI is InChI=1S/C40H39N7O7/c48-36(33-13-7-23-45(33)39(51)53-25-27-9-3-1-4-10-27)41-30-17-15-29(16-18-30)35-43-44-38(50)47(35)32-21-19-31(20-22-32)42-37(49)34-14-8-24-46(34)40(52)54-26-28-11-5-2-6-12-28/h1-6,9-12,15-22,33-34H,7-8,13-14,23-26H2,(H,41,48)(H,42,49)(H,44,50). The minimum atomic E-state index is -0.665. The molecule has 14 heteroatoms. The van der Waals surface area contributed by atoms with Gasteiger partial charge in [0.2, 0.25) is 11.8 Å². The van der Waals surface area contributed by atoms with E-state index in [1.165, 1.54) is 14.4 Å². The van der Waals surface area contributed by atoms with Crippen LogP contribution in [0.4, 0.5) is 21.0 Å². The predicted octanol–water partition coefficient (Wildman–Crippen LogP) is 5.71. The van der Waals surface area contributed by atoms with Crippen molar-refractivity contribution in [2.24, 2.45) is 0 Å². The van der Waals surface area contributed by atoms with Gasteiger partial charge in [-0.15, -0.1) is 0 Å². The summed E-state index contributed by atoms with van der Waals surface area (Å²) in [6.07, 6.45) is 1.34. The van der Waals surface area contributed by atoms with Crippen LogP contribution in [0.3, 0.4) is 0 Å². The normalized spacial score (nSPS) is 16.5. The zero-order valence-corrected chi connectivity index (χ0v) is 29.4. The summed E-state index contributed by atoms with van der Waals surface area (Å²) in [6, 6.07) is 31.0. The molecule has 4 amide bonds. The van der Waals surface area contributed by atoms with E-state index in [1.54, 1.807) is 48.5 Å². The highest BCUT2D eigenvalue weighted by atomic mass is 16.6. The van der Waals surface area contributed by atoms with Crippen molar-refractivity contribution >= 4 is 35.4 Å². The SMILES string of the molecule is O=C(Nc1ccc(-c2n[nH]c(=O)n2-c2ccc(NC(=O)C3CCCN3C(=O)OCc3ccccc3)cc2)cc1)C1CCCN1C(=O)OCc1ccccc1. The molecule has 3 N–H and O–H groups in total. The largest absolute Gasteiger partial charge is 0.445 e. The molecule has 0 saturated carbocycles. The number of hydrogen-bond acceptors (Lipinski definition) is 8. The van der Waals surface area contributed by atoms with Gasteiger partial charge in [0.15, 0.2) is 5.82 Å². The number of amides is 4. The summed E-state index contributed by atoms with van der Waals surface area (Å²) in [5, 5.41) is 12.5. The van der Waals surface area contributed by atoms with Crippen LogP contribution in [0, 0.1) is 0 Å². The van der Waals surface area contributed by atoms with E-state index in [0.717, 1.165) is 11.1 Å². The summed E-state index contributed by atoms with van der Waals surface area (Å²) in [5.41, 5.74) is 3.39. The molecule has 2 aliphatic heterocycles. The van der Waals surface area contributed by atoms with Gasteiger partial charge in [-0.1, -0.05) is 60.7 Å². The first-order chi connectivity index (χ1) is 26.3. The lowest BCUT2D eigenvalue weighted by atomic mass is 10.1. The van der Waals surface area contributed by atoms with Crippen LogP contribution in [0.15, 0.2) is 114 Å². The number of nitrogens with zero attached hydrogens (tertiary/aromatic N) is 4. The molecule has 2 saturated heterocycles. The Kier molecular flexibility index (Phi) is 10.8. The molecule has 0 spiro atoms. The molecule has 3 heterocycles. The summed E-state index contributed by atoms with van der Waals surface area (Å²) >= 11 is 0. The van der Waals surface area contributed by atoms with Crippen LogP contribution in [-0.2, 0) is 32.3 Å². The van der Waals surface area contributed by atoms with Crippen molar-refractivity contribution in [3.05, 3.63) is 131 Å². The average Bonchev–Trinajstić information content (AvgIpc) is 3.98. The molecule has 5 aromatic rings. The number of aromatic nitrogens is 3. The fourth-order valence-electron chi connectivity index (χ4n) is 6.70. The van der Waals surface area contributed by atoms with Crippen LogP contribution in [0.25, 0.3) is 17.1 Å². The Morgan fingerprint density at radius 2 is 1.11 bits per heavy atom. The predicted molar refractivity (Wildman–Crippen MR) is 200 cm³/mol. The van der Waals surface area contributed by atoms with Gasteiger partial charge in [0.05, 0.1) is 5.69 Å². The maximum absolute atomic E-state index is 13.2.